The highest BCUT2D eigenvalue weighted by Crippen LogP contribution is 2.33. The van der Waals surface area contributed by atoms with Crippen LogP contribution in [-0.2, 0) is 15.8 Å². The van der Waals surface area contributed by atoms with Gasteiger partial charge in [-0.3, -0.25) is 14.4 Å². The number of amides is 2. The first-order valence-corrected chi connectivity index (χ1v) is 9.15. The van der Waals surface area contributed by atoms with Crippen LogP contribution < -0.4 is 0 Å². The second-order valence-corrected chi connectivity index (χ2v) is 7.24. The molecule has 1 aliphatic carbocycles. The lowest BCUT2D eigenvalue weighted by Crippen LogP contribution is -2.51. The summed E-state index contributed by atoms with van der Waals surface area (Å²) in [4.78, 5) is 39.2. The second kappa shape index (κ2) is 7.81. The van der Waals surface area contributed by atoms with Crippen molar-refractivity contribution in [1.82, 2.24) is 9.80 Å². The molecule has 0 spiro atoms. The summed E-state index contributed by atoms with van der Waals surface area (Å²) in [5.41, 5.74) is -0.906. The van der Waals surface area contributed by atoms with Crippen LogP contribution in [0.5, 0.6) is 0 Å². The first-order chi connectivity index (χ1) is 13.2. The summed E-state index contributed by atoms with van der Waals surface area (Å²) in [7, 11) is 0. The molecule has 0 bridgehead atoms. The zero-order valence-corrected chi connectivity index (χ0v) is 15.1. The van der Waals surface area contributed by atoms with Gasteiger partial charge in [-0.25, -0.2) is 0 Å². The van der Waals surface area contributed by atoms with E-state index >= 15 is 0 Å². The highest BCUT2D eigenvalue weighted by Gasteiger charge is 2.37. The number of aliphatic carboxylic acids is 1. The lowest BCUT2D eigenvalue weighted by atomic mass is 10.0. The normalized spacial score (nSPS) is 23.0. The number of halogens is 3. The Morgan fingerprint density at radius 3 is 2.14 bits per heavy atom. The van der Waals surface area contributed by atoms with E-state index in [0.29, 0.717) is 19.3 Å². The minimum Gasteiger partial charge on any atom is -0.481 e. The number of benzene rings is 1. The SMILES string of the molecule is O=C(O)[C@@H]1CC[C@H](C(=O)N2CCN(C(=O)c3cccc(C(F)(F)F)c3)CC2)C1. The fourth-order valence-electron chi connectivity index (χ4n) is 3.83. The fourth-order valence-corrected chi connectivity index (χ4v) is 3.83. The molecule has 1 aliphatic heterocycles. The molecule has 1 aromatic rings. The van der Waals surface area contributed by atoms with Gasteiger partial charge in [0.25, 0.3) is 5.91 Å². The topological polar surface area (TPSA) is 77.9 Å². The molecule has 2 atom stereocenters. The Morgan fingerprint density at radius 1 is 0.964 bits per heavy atom. The number of hydrogen-bond donors (Lipinski definition) is 1. The number of carboxylic acid groups (broad SMARTS) is 1. The van der Waals surface area contributed by atoms with E-state index in [1.807, 2.05) is 0 Å². The summed E-state index contributed by atoms with van der Waals surface area (Å²) in [6, 6.07) is 4.30. The summed E-state index contributed by atoms with van der Waals surface area (Å²) in [5, 5.41) is 9.06. The molecule has 1 aromatic carbocycles. The van der Waals surface area contributed by atoms with Crippen LogP contribution in [0.15, 0.2) is 24.3 Å². The quantitative estimate of drug-likeness (QED) is 0.849. The van der Waals surface area contributed by atoms with Crippen LogP contribution in [0.4, 0.5) is 13.2 Å². The first-order valence-electron chi connectivity index (χ1n) is 9.15. The lowest BCUT2D eigenvalue weighted by Gasteiger charge is -2.36. The van der Waals surface area contributed by atoms with Gasteiger partial charge in [0.2, 0.25) is 5.91 Å². The van der Waals surface area contributed by atoms with Gasteiger partial charge in [0, 0.05) is 37.7 Å². The van der Waals surface area contributed by atoms with Gasteiger partial charge < -0.3 is 14.9 Å². The van der Waals surface area contributed by atoms with Gasteiger partial charge in [-0.1, -0.05) is 6.07 Å². The second-order valence-electron chi connectivity index (χ2n) is 7.24. The van der Waals surface area contributed by atoms with E-state index in [9.17, 15) is 27.6 Å². The predicted molar refractivity (Wildman–Crippen MR) is 92.4 cm³/mol. The third-order valence-electron chi connectivity index (χ3n) is 5.45. The Hall–Kier alpha value is -2.58. The maximum atomic E-state index is 12.8. The van der Waals surface area contributed by atoms with Crippen molar-refractivity contribution < 1.29 is 32.7 Å². The van der Waals surface area contributed by atoms with E-state index in [0.717, 1.165) is 12.1 Å². The first kappa shape index (κ1) is 20.2. The Morgan fingerprint density at radius 2 is 1.57 bits per heavy atom. The Balaban J connectivity index is 1.57. The van der Waals surface area contributed by atoms with E-state index in [1.165, 1.54) is 17.0 Å². The number of carboxylic acids is 1. The zero-order chi connectivity index (χ0) is 20.5. The van der Waals surface area contributed by atoms with Crippen molar-refractivity contribution in [2.75, 3.05) is 26.2 Å². The molecule has 0 unspecified atom stereocenters. The Kier molecular flexibility index (Phi) is 5.62. The Bertz CT molecular complexity index is 773. The number of rotatable bonds is 3. The largest absolute Gasteiger partial charge is 0.481 e. The average molecular weight is 398 g/mol. The van der Waals surface area contributed by atoms with Crippen molar-refractivity contribution in [3.05, 3.63) is 35.4 Å². The monoisotopic (exact) mass is 398 g/mol. The van der Waals surface area contributed by atoms with Gasteiger partial charge in [-0.15, -0.1) is 0 Å². The molecule has 1 saturated carbocycles. The minimum atomic E-state index is -4.52. The van der Waals surface area contributed by atoms with Crippen LogP contribution in [0.3, 0.4) is 0 Å². The third-order valence-corrected chi connectivity index (χ3v) is 5.45. The maximum absolute atomic E-state index is 12.8. The van der Waals surface area contributed by atoms with Gasteiger partial charge in [0.1, 0.15) is 0 Å². The minimum absolute atomic E-state index is 0.0327. The van der Waals surface area contributed by atoms with Crippen molar-refractivity contribution in [3.8, 4) is 0 Å². The van der Waals surface area contributed by atoms with Crippen LogP contribution in [0, 0.1) is 11.8 Å². The standard InChI is InChI=1S/C19H21F3N2O4/c20-19(21,22)15-3-1-2-12(11-15)16(25)23-6-8-24(9-7-23)17(26)13-4-5-14(10-13)18(27)28/h1-3,11,13-14H,4-10H2,(H,27,28)/t13-,14+/m0/s1. The van der Waals surface area contributed by atoms with Gasteiger partial charge in [0.05, 0.1) is 11.5 Å². The molecule has 3 rings (SSSR count). The predicted octanol–water partition coefficient (Wildman–Crippen LogP) is 2.49. The number of nitrogens with zero attached hydrogens (tertiary/aromatic N) is 2. The van der Waals surface area contributed by atoms with E-state index in [4.69, 9.17) is 5.11 Å². The molecule has 9 heteroatoms. The van der Waals surface area contributed by atoms with E-state index in [2.05, 4.69) is 0 Å². The van der Waals surface area contributed by atoms with Crippen LogP contribution in [0.1, 0.15) is 35.2 Å². The average Bonchev–Trinajstić information content (AvgIpc) is 3.17. The number of carbonyl (C=O) groups excluding carboxylic acids is 2. The van der Waals surface area contributed by atoms with Crippen molar-refractivity contribution in [3.63, 3.8) is 0 Å². The molecule has 1 N–H and O–H groups in total. The molecule has 2 aliphatic rings. The van der Waals surface area contributed by atoms with Crippen LogP contribution in [0.25, 0.3) is 0 Å². The zero-order valence-electron chi connectivity index (χ0n) is 15.1. The van der Waals surface area contributed by atoms with Gasteiger partial charge in [0.15, 0.2) is 0 Å². The summed E-state index contributed by atoms with van der Waals surface area (Å²) in [6.07, 6.45) is -3.16. The smallest absolute Gasteiger partial charge is 0.416 e. The maximum Gasteiger partial charge on any atom is 0.416 e. The van der Waals surface area contributed by atoms with Crippen LogP contribution in [-0.4, -0.2) is 58.9 Å². The summed E-state index contributed by atoms with van der Waals surface area (Å²) in [5.74, 6) is -2.28. The summed E-state index contributed by atoms with van der Waals surface area (Å²) in [6.45, 7) is 1.04. The number of alkyl halides is 3. The molecule has 2 amide bonds. The lowest BCUT2D eigenvalue weighted by molar-refractivity contribution is -0.142. The molecule has 28 heavy (non-hydrogen) atoms. The molecule has 2 fully saturated rings. The molecular weight excluding hydrogens is 377 g/mol. The van der Waals surface area contributed by atoms with Gasteiger partial charge in [-0.05, 0) is 37.5 Å². The molecule has 1 heterocycles. The van der Waals surface area contributed by atoms with E-state index in [1.54, 1.807) is 4.90 Å². The molecule has 0 radical (unpaired) electrons. The molecule has 1 saturated heterocycles. The highest BCUT2D eigenvalue weighted by atomic mass is 19.4. The molecule has 0 aromatic heterocycles. The summed E-state index contributed by atoms with van der Waals surface area (Å²) < 4.78 is 38.5. The van der Waals surface area contributed by atoms with Crippen molar-refractivity contribution in [2.45, 2.75) is 25.4 Å². The Labute approximate surface area is 159 Å². The number of hydrogen-bond acceptors (Lipinski definition) is 3. The van der Waals surface area contributed by atoms with Crippen LogP contribution in [0.2, 0.25) is 0 Å². The number of carbonyl (C=O) groups is 3. The fraction of sp³-hybridized carbons (Fsp3) is 0.526. The third kappa shape index (κ3) is 4.28. The van der Waals surface area contributed by atoms with Gasteiger partial charge >= 0.3 is 12.1 Å². The van der Waals surface area contributed by atoms with Crippen LogP contribution >= 0.6 is 0 Å². The van der Waals surface area contributed by atoms with Crippen molar-refractivity contribution >= 4 is 17.8 Å². The van der Waals surface area contributed by atoms with Crippen molar-refractivity contribution in [2.24, 2.45) is 11.8 Å². The molecular formula is C19H21F3N2O4. The highest BCUT2D eigenvalue weighted by molar-refractivity contribution is 5.94. The summed E-state index contributed by atoms with van der Waals surface area (Å²) >= 11 is 0. The van der Waals surface area contributed by atoms with Gasteiger partial charge in [-0.2, -0.15) is 13.2 Å². The molecule has 152 valence electrons. The number of piperazine rings is 1. The molecule has 6 nitrogen and oxygen atoms in total. The van der Waals surface area contributed by atoms with Crippen molar-refractivity contribution in [1.29, 1.82) is 0 Å². The van der Waals surface area contributed by atoms with E-state index in [-0.39, 0.29) is 43.6 Å². The van der Waals surface area contributed by atoms with E-state index < -0.39 is 29.5 Å².